The Morgan fingerprint density at radius 3 is 2.88 bits per heavy atom. The van der Waals surface area contributed by atoms with Gasteiger partial charge in [-0.3, -0.25) is 0 Å². The number of hydrogen-bond acceptors (Lipinski definition) is 1. The summed E-state index contributed by atoms with van der Waals surface area (Å²) >= 11 is 0. The highest BCUT2D eigenvalue weighted by molar-refractivity contribution is 5.00. The lowest BCUT2D eigenvalue weighted by Gasteiger charge is -2.15. The summed E-state index contributed by atoms with van der Waals surface area (Å²) in [5, 5.41) is 9.36. The van der Waals surface area contributed by atoms with Crippen LogP contribution < -0.4 is 0 Å². The highest BCUT2D eigenvalue weighted by Gasteiger charge is 2.23. The third-order valence-electron chi connectivity index (χ3n) is 1.66. The maximum Gasteiger partial charge on any atom is 0.0897 e. The van der Waals surface area contributed by atoms with Gasteiger partial charge in [-0.2, -0.15) is 0 Å². The number of aliphatic hydroxyl groups is 1. The van der Waals surface area contributed by atoms with Gasteiger partial charge >= 0.3 is 0 Å². The molecule has 0 spiro atoms. The highest BCUT2D eigenvalue weighted by atomic mass is 16.3. The van der Waals surface area contributed by atoms with E-state index in [1.807, 2.05) is 13.0 Å². The van der Waals surface area contributed by atoms with Gasteiger partial charge in [0.25, 0.3) is 0 Å². The Hall–Kier alpha value is -0.300. The topological polar surface area (TPSA) is 20.2 Å². The molecular weight excluding hydrogens is 100 g/mol. The first-order chi connectivity index (χ1) is 3.77. The van der Waals surface area contributed by atoms with Gasteiger partial charge in [0.05, 0.1) is 5.60 Å². The zero-order valence-corrected chi connectivity index (χ0v) is 5.15. The van der Waals surface area contributed by atoms with E-state index in [-0.39, 0.29) is 0 Å². The Labute approximate surface area is 50.0 Å². The first-order valence-electron chi connectivity index (χ1n) is 3.08. The number of allylic oxidation sites excluding steroid dienone is 1. The first-order valence-corrected chi connectivity index (χ1v) is 3.08. The molecule has 0 aromatic carbocycles. The van der Waals surface area contributed by atoms with Gasteiger partial charge in [0, 0.05) is 0 Å². The predicted octanol–water partition coefficient (Wildman–Crippen LogP) is 1.28. The summed E-state index contributed by atoms with van der Waals surface area (Å²) in [6.07, 6.45) is 7.48. The summed E-state index contributed by atoms with van der Waals surface area (Å²) < 4.78 is 0. The molecule has 0 bridgehead atoms. The van der Waals surface area contributed by atoms with Crippen molar-refractivity contribution in [3.05, 3.63) is 12.2 Å². The molecule has 1 N–H and O–H groups in total. The van der Waals surface area contributed by atoms with Gasteiger partial charge in [-0.15, -0.1) is 0 Å². The molecule has 0 saturated heterocycles. The van der Waals surface area contributed by atoms with Crippen molar-refractivity contribution in [2.45, 2.75) is 31.8 Å². The van der Waals surface area contributed by atoms with Crippen LogP contribution in [0, 0.1) is 6.08 Å². The monoisotopic (exact) mass is 111 g/mol. The van der Waals surface area contributed by atoms with Crippen LogP contribution in [0.4, 0.5) is 0 Å². The third kappa shape index (κ3) is 0.920. The molecule has 0 aromatic rings. The number of hydrogen-bond donors (Lipinski definition) is 1. The summed E-state index contributed by atoms with van der Waals surface area (Å²) in [6, 6.07) is 0. The molecular formula is C7H11O. The Morgan fingerprint density at radius 2 is 2.62 bits per heavy atom. The van der Waals surface area contributed by atoms with Crippen molar-refractivity contribution in [3.8, 4) is 0 Å². The average molecular weight is 111 g/mol. The van der Waals surface area contributed by atoms with Gasteiger partial charge in [-0.25, -0.2) is 0 Å². The van der Waals surface area contributed by atoms with Crippen molar-refractivity contribution >= 4 is 0 Å². The fourth-order valence-electron chi connectivity index (χ4n) is 0.924. The molecule has 1 aliphatic carbocycles. The van der Waals surface area contributed by atoms with E-state index in [2.05, 4.69) is 6.08 Å². The van der Waals surface area contributed by atoms with Gasteiger partial charge < -0.3 is 5.11 Å². The molecule has 0 aliphatic heterocycles. The van der Waals surface area contributed by atoms with Crippen LogP contribution in [-0.4, -0.2) is 10.7 Å². The van der Waals surface area contributed by atoms with Crippen LogP contribution in [0.1, 0.15) is 26.2 Å². The number of rotatable bonds is 1. The second-order valence-electron chi connectivity index (χ2n) is 2.27. The van der Waals surface area contributed by atoms with E-state index in [1.54, 1.807) is 0 Å². The molecule has 1 atom stereocenters. The van der Waals surface area contributed by atoms with Gasteiger partial charge in [0.2, 0.25) is 0 Å². The lowest BCUT2D eigenvalue weighted by Crippen LogP contribution is -2.21. The van der Waals surface area contributed by atoms with Crippen LogP contribution in [0.15, 0.2) is 6.08 Å². The van der Waals surface area contributed by atoms with Crippen LogP contribution in [0.2, 0.25) is 0 Å². The molecule has 8 heavy (non-hydrogen) atoms. The van der Waals surface area contributed by atoms with Crippen molar-refractivity contribution in [1.29, 1.82) is 0 Å². The summed E-state index contributed by atoms with van der Waals surface area (Å²) in [5.41, 5.74) is -0.569. The van der Waals surface area contributed by atoms with Crippen LogP contribution in [0.5, 0.6) is 0 Å². The van der Waals surface area contributed by atoms with E-state index >= 15 is 0 Å². The fourth-order valence-corrected chi connectivity index (χ4v) is 0.924. The maximum absolute atomic E-state index is 9.36. The first kappa shape index (κ1) is 5.83. The quantitative estimate of drug-likeness (QED) is 0.540. The zero-order valence-electron chi connectivity index (χ0n) is 5.15. The van der Waals surface area contributed by atoms with Gasteiger partial charge in [-0.1, -0.05) is 13.0 Å². The molecule has 0 amide bonds. The second-order valence-corrected chi connectivity index (χ2v) is 2.27. The maximum atomic E-state index is 9.36. The third-order valence-corrected chi connectivity index (χ3v) is 1.66. The van der Waals surface area contributed by atoms with E-state index in [9.17, 15) is 5.11 Å². The molecule has 1 aliphatic rings. The van der Waals surface area contributed by atoms with Crippen molar-refractivity contribution < 1.29 is 5.11 Å². The minimum absolute atomic E-state index is 0.569. The van der Waals surface area contributed by atoms with E-state index in [4.69, 9.17) is 0 Å². The van der Waals surface area contributed by atoms with Crippen molar-refractivity contribution in [2.75, 3.05) is 0 Å². The lowest BCUT2D eigenvalue weighted by atomic mass is 10.0. The largest absolute Gasteiger partial charge is 0.385 e. The van der Waals surface area contributed by atoms with Gasteiger partial charge in [0.15, 0.2) is 0 Å². The SMILES string of the molecule is CCC1(O)[C]=CCC1. The van der Waals surface area contributed by atoms with Crippen LogP contribution in [0.3, 0.4) is 0 Å². The van der Waals surface area contributed by atoms with Gasteiger partial charge in [0.1, 0.15) is 0 Å². The minimum Gasteiger partial charge on any atom is -0.385 e. The molecule has 1 nitrogen and oxygen atoms in total. The Morgan fingerprint density at radius 1 is 1.88 bits per heavy atom. The molecule has 45 valence electrons. The Balaban J connectivity index is 2.54. The molecule has 0 fully saturated rings. The molecule has 1 rings (SSSR count). The summed E-state index contributed by atoms with van der Waals surface area (Å²) in [7, 11) is 0. The average Bonchev–Trinajstić information content (AvgIpc) is 2.17. The van der Waals surface area contributed by atoms with Crippen LogP contribution in [0.25, 0.3) is 0 Å². The van der Waals surface area contributed by atoms with Crippen LogP contribution >= 0.6 is 0 Å². The normalized spacial score (nSPS) is 36.2. The van der Waals surface area contributed by atoms with Crippen LogP contribution in [-0.2, 0) is 0 Å². The molecule has 1 unspecified atom stereocenters. The Kier molecular flexibility index (Phi) is 1.39. The van der Waals surface area contributed by atoms with E-state index < -0.39 is 5.60 Å². The summed E-state index contributed by atoms with van der Waals surface area (Å²) in [4.78, 5) is 0. The van der Waals surface area contributed by atoms with Crippen molar-refractivity contribution in [1.82, 2.24) is 0 Å². The summed E-state index contributed by atoms with van der Waals surface area (Å²) in [6.45, 7) is 1.98. The fraction of sp³-hybridized carbons (Fsp3) is 0.714. The molecule has 1 radical (unpaired) electrons. The van der Waals surface area contributed by atoms with Gasteiger partial charge in [-0.05, 0) is 25.3 Å². The molecule has 0 saturated carbocycles. The van der Waals surface area contributed by atoms with E-state index in [1.165, 1.54) is 0 Å². The highest BCUT2D eigenvalue weighted by Crippen LogP contribution is 2.23. The zero-order chi connectivity index (χ0) is 6.04. The lowest BCUT2D eigenvalue weighted by molar-refractivity contribution is 0.0798. The Bertz CT molecular complexity index is 107. The second kappa shape index (κ2) is 1.90. The van der Waals surface area contributed by atoms with Crippen molar-refractivity contribution in [3.63, 3.8) is 0 Å². The predicted molar refractivity (Wildman–Crippen MR) is 32.3 cm³/mol. The van der Waals surface area contributed by atoms with Crippen molar-refractivity contribution in [2.24, 2.45) is 0 Å². The standard InChI is InChI=1S/C7H11O/c1-2-7(8)5-3-4-6-7/h3,8H,2,4,6H2,1H3. The smallest absolute Gasteiger partial charge is 0.0897 e. The summed E-state index contributed by atoms with van der Waals surface area (Å²) in [5.74, 6) is 0. The molecule has 0 aromatic heterocycles. The molecule has 1 heteroatoms. The van der Waals surface area contributed by atoms with E-state index in [0.29, 0.717) is 0 Å². The van der Waals surface area contributed by atoms with E-state index in [0.717, 1.165) is 19.3 Å². The molecule has 0 heterocycles. The minimum atomic E-state index is -0.569.